The summed E-state index contributed by atoms with van der Waals surface area (Å²) in [5.41, 5.74) is 12.9. The smallest absolute Gasteiger partial charge is 0.337 e. The van der Waals surface area contributed by atoms with Crippen LogP contribution in [0, 0.1) is 0 Å². The fourth-order valence-corrected chi connectivity index (χ4v) is 0. The number of nitrogens with two attached hydrogens (primary N) is 3. The largest absolute Gasteiger partial charge is 0.352 e. The van der Waals surface area contributed by atoms with Crippen LogP contribution in [-0.4, -0.2) is 18.8 Å². The second kappa shape index (κ2) is 6.41. The maximum Gasteiger partial charge on any atom is 0.337 e. The predicted molar refractivity (Wildman–Crippen MR) is 32.9 cm³/mol. The molecule has 6 nitrogen and oxygen atoms in total. The summed E-state index contributed by atoms with van der Waals surface area (Å²) >= 11 is 0. The zero-order valence-electron chi connectivity index (χ0n) is 4.70. The molecule has 6 N–H and O–H groups in total. The molecule has 0 bridgehead atoms. The summed E-state index contributed by atoms with van der Waals surface area (Å²) in [6, 6.07) is -1.56. The monoisotopic (exact) mass is 132 g/mol. The molecule has 52 valence electrons. The minimum atomic E-state index is -0.833. The number of hydrogen-bond donors (Lipinski definition) is 3. The van der Waals surface area contributed by atoms with Crippen molar-refractivity contribution >= 4 is 18.8 Å². The fourth-order valence-electron chi connectivity index (χ4n) is 0. The van der Waals surface area contributed by atoms with E-state index in [0.29, 0.717) is 0 Å². The maximum absolute atomic E-state index is 9.36. The van der Waals surface area contributed by atoms with Gasteiger partial charge in [0.2, 0.25) is 0 Å². The van der Waals surface area contributed by atoms with Crippen LogP contribution in [0.2, 0.25) is 0 Å². The van der Waals surface area contributed by atoms with Gasteiger partial charge in [-0.1, -0.05) is 0 Å². The summed E-state index contributed by atoms with van der Waals surface area (Å²) in [6.45, 7) is 2.84. The van der Waals surface area contributed by atoms with Crippen LogP contribution in [0.1, 0.15) is 0 Å². The highest BCUT2D eigenvalue weighted by molar-refractivity contribution is 5.76. The standard InChI is InChI=1S/C2H4N2O.CH4N2O/c1-4-2(3)5;2-1(3)4/h1H2,(H2,3,5);(H4,2,3,4). The van der Waals surface area contributed by atoms with Gasteiger partial charge in [0.1, 0.15) is 0 Å². The van der Waals surface area contributed by atoms with Gasteiger partial charge in [-0.3, -0.25) is 0 Å². The molecule has 0 saturated heterocycles. The number of primary amides is 3. The molecule has 0 atom stereocenters. The molecule has 0 radical (unpaired) electrons. The van der Waals surface area contributed by atoms with Crippen LogP contribution < -0.4 is 17.2 Å². The van der Waals surface area contributed by atoms with Crippen molar-refractivity contribution in [1.29, 1.82) is 0 Å². The lowest BCUT2D eigenvalue weighted by molar-refractivity contribution is 0.255. The number of rotatable bonds is 0. The van der Waals surface area contributed by atoms with Gasteiger partial charge in [0.15, 0.2) is 0 Å². The van der Waals surface area contributed by atoms with Gasteiger partial charge < -0.3 is 17.2 Å². The number of carbonyl (C=O) groups excluding carboxylic acids is 2. The van der Waals surface area contributed by atoms with Crippen LogP contribution in [0.15, 0.2) is 4.99 Å². The number of nitrogens with zero attached hydrogens (tertiary/aromatic N) is 1. The normalized spacial score (nSPS) is 6.22. The Morgan fingerprint density at radius 1 is 1.22 bits per heavy atom. The number of hydrogen-bond acceptors (Lipinski definition) is 2. The van der Waals surface area contributed by atoms with Gasteiger partial charge in [0.05, 0.1) is 0 Å². The van der Waals surface area contributed by atoms with Gasteiger partial charge in [0.25, 0.3) is 0 Å². The van der Waals surface area contributed by atoms with Crippen molar-refractivity contribution in [2.45, 2.75) is 0 Å². The number of carbonyl (C=O) groups is 2. The molecule has 4 amide bonds. The average Bonchev–Trinajstić information content (AvgIpc) is 1.65. The van der Waals surface area contributed by atoms with E-state index in [0.717, 1.165) is 0 Å². The highest BCUT2D eigenvalue weighted by Gasteiger charge is 1.70. The number of urea groups is 2. The molecule has 0 fully saturated rings. The van der Waals surface area contributed by atoms with Crippen LogP contribution in [-0.2, 0) is 0 Å². The van der Waals surface area contributed by atoms with E-state index in [2.05, 4.69) is 28.9 Å². The first-order valence-electron chi connectivity index (χ1n) is 1.81. The van der Waals surface area contributed by atoms with E-state index >= 15 is 0 Å². The van der Waals surface area contributed by atoms with Crippen molar-refractivity contribution in [3.05, 3.63) is 0 Å². The van der Waals surface area contributed by atoms with Crippen molar-refractivity contribution in [3.63, 3.8) is 0 Å². The maximum atomic E-state index is 9.36. The van der Waals surface area contributed by atoms with Crippen LogP contribution >= 0.6 is 0 Å². The van der Waals surface area contributed by atoms with Crippen LogP contribution in [0.4, 0.5) is 9.59 Å². The second-order valence-corrected chi connectivity index (χ2v) is 0.899. The molecule has 0 aliphatic carbocycles. The van der Waals surface area contributed by atoms with Gasteiger partial charge >= 0.3 is 12.1 Å². The Morgan fingerprint density at radius 2 is 1.33 bits per heavy atom. The quantitative estimate of drug-likeness (QED) is 0.358. The molecule has 0 unspecified atom stereocenters. The predicted octanol–water partition coefficient (Wildman–Crippen LogP) is -1.21. The van der Waals surface area contributed by atoms with E-state index in [1.54, 1.807) is 0 Å². The molecule has 9 heavy (non-hydrogen) atoms. The summed E-state index contributed by atoms with van der Waals surface area (Å²) in [5, 5.41) is 0. The van der Waals surface area contributed by atoms with Gasteiger partial charge in [-0.15, -0.1) is 0 Å². The molecule has 0 aliphatic heterocycles. The fraction of sp³-hybridized carbons (Fsp3) is 0. The Kier molecular flexibility index (Phi) is 7.41. The minimum Gasteiger partial charge on any atom is -0.352 e. The molecule has 0 rings (SSSR count). The summed E-state index contributed by atoms with van der Waals surface area (Å²) in [6.07, 6.45) is 0. The Hall–Kier alpha value is -1.59. The van der Waals surface area contributed by atoms with Gasteiger partial charge in [-0.2, -0.15) is 0 Å². The molecule has 0 aliphatic rings. The summed E-state index contributed by atoms with van der Waals surface area (Å²) in [4.78, 5) is 21.1. The van der Waals surface area contributed by atoms with Crippen molar-refractivity contribution < 1.29 is 9.59 Å². The Bertz CT molecular complexity index is 117. The van der Waals surface area contributed by atoms with Gasteiger partial charge in [-0.05, 0) is 6.72 Å². The van der Waals surface area contributed by atoms with Crippen molar-refractivity contribution in [1.82, 2.24) is 0 Å². The van der Waals surface area contributed by atoms with E-state index in [9.17, 15) is 4.79 Å². The van der Waals surface area contributed by atoms with Gasteiger partial charge in [0, 0.05) is 0 Å². The van der Waals surface area contributed by atoms with Crippen LogP contribution in [0.3, 0.4) is 0 Å². The molecule has 0 aromatic carbocycles. The van der Waals surface area contributed by atoms with Crippen LogP contribution in [0.5, 0.6) is 0 Å². The molecule has 0 aromatic heterocycles. The minimum absolute atomic E-state index is 0.731. The SMILES string of the molecule is C=NC(N)=O.NC(N)=O. The first-order valence-corrected chi connectivity index (χ1v) is 1.81. The molecular weight excluding hydrogens is 124 g/mol. The van der Waals surface area contributed by atoms with Gasteiger partial charge in [-0.25, -0.2) is 14.6 Å². The number of amides is 4. The topological polar surface area (TPSA) is 125 Å². The Morgan fingerprint density at radius 3 is 1.33 bits per heavy atom. The van der Waals surface area contributed by atoms with E-state index in [1.807, 2.05) is 0 Å². The molecule has 0 aromatic rings. The summed E-state index contributed by atoms with van der Waals surface area (Å²) < 4.78 is 0. The van der Waals surface area contributed by atoms with Crippen LogP contribution in [0.25, 0.3) is 0 Å². The zero-order valence-corrected chi connectivity index (χ0v) is 4.70. The third-order valence-corrected chi connectivity index (χ3v) is 0.156. The Labute approximate surface area is 51.7 Å². The average molecular weight is 132 g/mol. The molecular formula is C3H8N4O2. The number of aliphatic imine (C=N–C) groups is 1. The second-order valence-electron chi connectivity index (χ2n) is 0.899. The molecule has 6 heteroatoms. The first-order chi connectivity index (χ1) is 4.00. The lowest BCUT2D eigenvalue weighted by atomic mass is 11.1. The van der Waals surface area contributed by atoms with Crippen molar-refractivity contribution in [2.24, 2.45) is 22.2 Å². The van der Waals surface area contributed by atoms with Crippen molar-refractivity contribution in [3.8, 4) is 0 Å². The highest BCUT2D eigenvalue weighted by Crippen LogP contribution is 1.53. The van der Waals surface area contributed by atoms with E-state index in [-0.39, 0.29) is 0 Å². The summed E-state index contributed by atoms with van der Waals surface area (Å²) in [7, 11) is 0. The van der Waals surface area contributed by atoms with E-state index in [4.69, 9.17) is 4.79 Å². The lowest BCUT2D eigenvalue weighted by Gasteiger charge is -1.66. The highest BCUT2D eigenvalue weighted by atomic mass is 16.2. The molecule has 0 saturated carbocycles. The zero-order chi connectivity index (χ0) is 7.86. The van der Waals surface area contributed by atoms with E-state index in [1.165, 1.54) is 0 Å². The lowest BCUT2D eigenvalue weighted by Crippen LogP contribution is -2.18. The Balaban J connectivity index is 0. The van der Waals surface area contributed by atoms with Crippen molar-refractivity contribution in [2.75, 3.05) is 0 Å². The summed E-state index contributed by atoms with van der Waals surface area (Å²) in [5.74, 6) is 0. The molecule has 0 heterocycles. The third-order valence-electron chi connectivity index (χ3n) is 0.156. The third kappa shape index (κ3) is 742. The van der Waals surface area contributed by atoms with E-state index < -0.39 is 12.1 Å². The molecule has 0 spiro atoms. The first kappa shape index (κ1) is 10.4.